The van der Waals surface area contributed by atoms with Crippen LogP contribution in [0.15, 0.2) is 42.9 Å². The lowest BCUT2D eigenvalue weighted by Crippen LogP contribution is -2.31. The fourth-order valence-corrected chi connectivity index (χ4v) is 3.36. The highest BCUT2D eigenvalue weighted by atomic mass is 16.3. The van der Waals surface area contributed by atoms with Crippen molar-refractivity contribution in [1.29, 1.82) is 0 Å². The zero-order valence-electron chi connectivity index (χ0n) is 14.6. The molecule has 0 atom stereocenters. The molecular formula is C20H20N4O2. The summed E-state index contributed by atoms with van der Waals surface area (Å²) in [5, 5.41) is 19.7. The van der Waals surface area contributed by atoms with Crippen LogP contribution in [0.1, 0.15) is 22.4 Å². The van der Waals surface area contributed by atoms with Crippen LogP contribution in [-0.2, 0) is 19.5 Å². The third-order valence-electron chi connectivity index (χ3n) is 4.77. The number of hydrogen-bond acceptors (Lipinski definition) is 6. The number of nitrogens with zero attached hydrogens (tertiary/aromatic N) is 4. The molecule has 2 aromatic heterocycles. The molecule has 0 fully saturated rings. The molecule has 2 N–H and O–H groups in total. The van der Waals surface area contributed by atoms with E-state index in [0.29, 0.717) is 6.54 Å². The van der Waals surface area contributed by atoms with Crippen molar-refractivity contribution >= 4 is 0 Å². The number of hydrogen-bond donors (Lipinski definition) is 2. The molecule has 3 aromatic rings. The number of benzene rings is 1. The Bertz CT molecular complexity index is 921. The van der Waals surface area contributed by atoms with Gasteiger partial charge in [-0.05, 0) is 30.7 Å². The molecule has 0 radical (unpaired) electrons. The van der Waals surface area contributed by atoms with Gasteiger partial charge in [0, 0.05) is 67.4 Å². The number of aromatic nitrogens is 3. The summed E-state index contributed by atoms with van der Waals surface area (Å²) in [4.78, 5) is 15.5. The number of pyridine rings is 1. The monoisotopic (exact) mass is 348 g/mol. The quantitative estimate of drug-likeness (QED) is 0.757. The summed E-state index contributed by atoms with van der Waals surface area (Å²) in [5.74, 6) is 0.953. The van der Waals surface area contributed by atoms with E-state index in [1.54, 1.807) is 18.5 Å². The smallest absolute Gasteiger partial charge is 0.159 e. The Kier molecular flexibility index (Phi) is 4.26. The summed E-state index contributed by atoms with van der Waals surface area (Å²) in [5.41, 5.74) is 4.90. The predicted molar refractivity (Wildman–Crippen MR) is 97.6 cm³/mol. The van der Waals surface area contributed by atoms with Gasteiger partial charge in [0.05, 0.1) is 5.69 Å². The summed E-state index contributed by atoms with van der Waals surface area (Å²) in [6.45, 7) is 4.13. The van der Waals surface area contributed by atoms with Gasteiger partial charge in [0.1, 0.15) is 11.5 Å². The van der Waals surface area contributed by atoms with Gasteiger partial charge in [0.2, 0.25) is 0 Å². The Morgan fingerprint density at radius 1 is 1.15 bits per heavy atom. The zero-order valence-corrected chi connectivity index (χ0v) is 14.6. The van der Waals surface area contributed by atoms with Crippen LogP contribution < -0.4 is 0 Å². The van der Waals surface area contributed by atoms with Crippen LogP contribution in [0.2, 0.25) is 0 Å². The summed E-state index contributed by atoms with van der Waals surface area (Å²) in [7, 11) is 0. The predicted octanol–water partition coefficient (Wildman–Crippen LogP) is 2.82. The van der Waals surface area contributed by atoms with Crippen molar-refractivity contribution in [3.05, 3.63) is 65.2 Å². The Hall–Kier alpha value is -2.99. The lowest BCUT2D eigenvalue weighted by Gasteiger charge is -2.28. The van der Waals surface area contributed by atoms with Gasteiger partial charge < -0.3 is 10.2 Å². The highest BCUT2D eigenvalue weighted by molar-refractivity contribution is 5.54. The number of phenols is 2. The molecule has 6 heteroatoms. The first-order valence-corrected chi connectivity index (χ1v) is 8.59. The lowest BCUT2D eigenvalue weighted by molar-refractivity contribution is 0.239. The van der Waals surface area contributed by atoms with E-state index >= 15 is 0 Å². The van der Waals surface area contributed by atoms with Crippen LogP contribution in [-0.4, -0.2) is 36.6 Å². The first-order valence-electron chi connectivity index (χ1n) is 8.59. The minimum absolute atomic E-state index is 0.0878. The topological polar surface area (TPSA) is 82.4 Å². The molecule has 0 saturated heterocycles. The van der Waals surface area contributed by atoms with Crippen molar-refractivity contribution in [2.75, 3.05) is 6.54 Å². The molecule has 26 heavy (non-hydrogen) atoms. The van der Waals surface area contributed by atoms with E-state index < -0.39 is 0 Å². The van der Waals surface area contributed by atoms with Crippen molar-refractivity contribution in [1.82, 2.24) is 19.9 Å². The van der Waals surface area contributed by atoms with Gasteiger partial charge in [-0.1, -0.05) is 0 Å². The maximum absolute atomic E-state index is 10.1. The molecular weight excluding hydrogens is 328 g/mol. The molecule has 3 heterocycles. The fraction of sp³-hybridized carbons (Fsp3) is 0.250. The second-order valence-electron chi connectivity index (χ2n) is 6.62. The second kappa shape index (κ2) is 6.72. The molecule has 4 rings (SSSR count). The molecule has 0 spiro atoms. The fourth-order valence-electron chi connectivity index (χ4n) is 3.36. The van der Waals surface area contributed by atoms with Gasteiger partial charge in [-0.3, -0.25) is 9.88 Å². The van der Waals surface area contributed by atoms with E-state index in [1.165, 1.54) is 6.07 Å². The summed E-state index contributed by atoms with van der Waals surface area (Å²) in [6.07, 6.45) is 6.22. The van der Waals surface area contributed by atoms with Crippen LogP contribution >= 0.6 is 0 Å². The second-order valence-corrected chi connectivity index (χ2v) is 6.62. The number of aryl methyl sites for hydroxylation is 1. The van der Waals surface area contributed by atoms with Gasteiger partial charge in [-0.2, -0.15) is 0 Å². The molecule has 1 aliphatic heterocycles. The van der Waals surface area contributed by atoms with Crippen LogP contribution in [0.4, 0.5) is 0 Å². The molecule has 1 aromatic carbocycles. The molecule has 132 valence electrons. The summed E-state index contributed by atoms with van der Waals surface area (Å²) >= 11 is 0. The van der Waals surface area contributed by atoms with E-state index in [-0.39, 0.29) is 11.5 Å². The van der Waals surface area contributed by atoms with Gasteiger partial charge in [-0.25, -0.2) is 9.97 Å². The Morgan fingerprint density at radius 2 is 1.96 bits per heavy atom. The minimum atomic E-state index is 0.0878. The molecule has 6 nitrogen and oxygen atoms in total. The van der Waals surface area contributed by atoms with E-state index in [1.807, 2.05) is 25.3 Å². The average Bonchev–Trinajstić information content (AvgIpc) is 2.65. The Labute approximate surface area is 151 Å². The number of rotatable bonds is 3. The largest absolute Gasteiger partial charge is 0.508 e. The average molecular weight is 348 g/mol. The zero-order chi connectivity index (χ0) is 18.1. The minimum Gasteiger partial charge on any atom is -0.508 e. The molecule has 0 unspecified atom stereocenters. The molecule has 1 aliphatic rings. The summed E-state index contributed by atoms with van der Waals surface area (Å²) in [6, 6.07) is 6.89. The Balaban J connectivity index is 1.54. The van der Waals surface area contributed by atoms with E-state index in [2.05, 4.69) is 14.9 Å². The maximum atomic E-state index is 10.1. The van der Waals surface area contributed by atoms with Crippen LogP contribution in [0.25, 0.3) is 11.4 Å². The molecule has 0 aliphatic carbocycles. The molecule has 0 bridgehead atoms. The van der Waals surface area contributed by atoms with Gasteiger partial charge in [-0.15, -0.1) is 0 Å². The van der Waals surface area contributed by atoms with E-state index in [0.717, 1.165) is 53.3 Å². The Morgan fingerprint density at radius 3 is 2.73 bits per heavy atom. The first-order chi connectivity index (χ1) is 12.6. The molecule has 0 saturated carbocycles. The highest BCUT2D eigenvalue weighted by Gasteiger charge is 2.20. The highest BCUT2D eigenvalue weighted by Crippen LogP contribution is 2.29. The van der Waals surface area contributed by atoms with Crippen LogP contribution in [0.3, 0.4) is 0 Å². The number of fused-ring (bicyclic) bond motifs is 1. The van der Waals surface area contributed by atoms with Gasteiger partial charge in [0.25, 0.3) is 0 Å². The lowest BCUT2D eigenvalue weighted by atomic mass is 10.0. The third-order valence-corrected chi connectivity index (χ3v) is 4.77. The number of aromatic hydroxyl groups is 2. The van der Waals surface area contributed by atoms with Crippen molar-refractivity contribution < 1.29 is 10.2 Å². The van der Waals surface area contributed by atoms with Crippen molar-refractivity contribution in [2.24, 2.45) is 0 Å². The van der Waals surface area contributed by atoms with Gasteiger partial charge >= 0.3 is 0 Å². The third kappa shape index (κ3) is 3.23. The maximum Gasteiger partial charge on any atom is 0.159 e. The van der Waals surface area contributed by atoms with Crippen molar-refractivity contribution in [3.8, 4) is 22.9 Å². The van der Waals surface area contributed by atoms with E-state index in [4.69, 9.17) is 4.98 Å². The first kappa shape index (κ1) is 16.5. The van der Waals surface area contributed by atoms with Crippen LogP contribution in [0, 0.1) is 6.92 Å². The number of phenolic OH excluding ortho intramolecular Hbond substituents is 2. The van der Waals surface area contributed by atoms with Crippen molar-refractivity contribution in [3.63, 3.8) is 0 Å². The van der Waals surface area contributed by atoms with Crippen molar-refractivity contribution in [2.45, 2.75) is 26.4 Å². The standard InChI is InChI=1S/C20H20N4O2/c1-13-8-16(25)9-19(26)17(13)12-24-7-4-18-15(11-24)10-22-20(23-18)14-2-5-21-6-3-14/h2-3,5-6,8-10,25-26H,4,7,11-12H2,1H3. The normalized spacial score (nSPS) is 14.2. The van der Waals surface area contributed by atoms with Gasteiger partial charge in [0.15, 0.2) is 5.82 Å². The summed E-state index contributed by atoms with van der Waals surface area (Å²) < 4.78 is 0. The van der Waals surface area contributed by atoms with Crippen LogP contribution in [0.5, 0.6) is 11.5 Å². The van der Waals surface area contributed by atoms with E-state index in [9.17, 15) is 10.2 Å². The SMILES string of the molecule is Cc1cc(O)cc(O)c1CN1CCc2nc(-c3ccncc3)ncc2C1. The molecule has 0 amide bonds.